The molecule has 0 bridgehead atoms. The van der Waals surface area contributed by atoms with E-state index in [1.165, 1.54) is 0 Å². The lowest BCUT2D eigenvalue weighted by molar-refractivity contribution is -0.939. The van der Waals surface area contributed by atoms with Gasteiger partial charge in [0.25, 0.3) is 5.91 Å². The fourth-order valence-corrected chi connectivity index (χ4v) is 1.97. The van der Waals surface area contributed by atoms with Crippen LogP contribution in [0.1, 0.15) is 5.56 Å². The van der Waals surface area contributed by atoms with Crippen molar-refractivity contribution in [3.05, 3.63) is 42.0 Å². The summed E-state index contributed by atoms with van der Waals surface area (Å²) in [4.78, 5) is 14.0. The number of nitrogens with zero attached hydrogens (tertiary/aromatic N) is 1. The minimum Gasteiger partial charge on any atom is -1.00 e. The lowest BCUT2D eigenvalue weighted by Crippen LogP contribution is -3.21. The third-order valence-electron chi connectivity index (χ3n) is 3.12. The molecule has 4 nitrogen and oxygen atoms in total. The third-order valence-corrected chi connectivity index (χ3v) is 3.12. The summed E-state index contributed by atoms with van der Waals surface area (Å²) in [6.45, 7) is 3.97. The minimum absolute atomic E-state index is 0. The number of halogens is 1. The first-order chi connectivity index (χ1) is 8.74. The van der Waals surface area contributed by atoms with Crippen LogP contribution >= 0.6 is 0 Å². The SMILES string of the molecule is CN1CC[NH+](NC(=O)C=Cc2ccccc2)CC1.[Cl-]. The quantitative estimate of drug-likeness (QED) is 0.566. The van der Waals surface area contributed by atoms with Crippen LogP contribution in [0, 0.1) is 0 Å². The molecule has 19 heavy (non-hydrogen) atoms. The van der Waals surface area contributed by atoms with Crippen molar-refractivity contribution in [1.82, 2.24) is 10.3 Å². The summed E-state index contributed by atoms with van der Waals surface area (Å²) in [5, 5.41) is 1.15. The van der Waals surface area contributed by atoms with Gasteiger partial charge in [0.05, 0.1) is 0 Å². The van der Waals surface area contributed by atoms with Gasteiger partial charge in [0.2, 0.25) is 0 Å². The Kier molecular flexibility index (Phi) is 6.56. The van der Waals surface area contributed by atoms with E-state index in [0.29, 0.717) is 0 Å². The summed E-state index contributed by atoms with van der Waals surface area (Å²) in [6.07, 6.45) is 3.44. The van der Waals surface area contributed by atoms with Crippen LogP contribution in [0.2, 0.25) is 0 Å². The van der Waals surface area contributed by atoms with Crippen LogP contribution < -0.4 is 22.8 Å². The summed E-state index contributed by atoms with van der Waals surface area (Å²) in [5.74, 6) is -0.0293. The first kappa shape index (κ1) is 15.7. The molecule has 0 aliphatic carbocycles. The Morgan fingerprint density at radius 1 is 1.26 bits per heavy atom. The van der Waals surface area contributed by atoms with Gasteiger partial charge in [0.15, 0.2) is 0 Å². The molecule has 1 heterocycles. The molecule has 1 fully saturated rings. The number of benzene rings is 1. The Hall–Kier alpha value is -1.36. The molecule has 0 aromatic heterocycles. The summed E-state index contributed by atoms with van der Waals surface area (Å²) < 4.78 is 0. The van der Waals surface area contributed by atoms with Crippen LogP contribution in [-0.4, -0.2) is 44.0 Å². The second-order valence-corrected chi connectivity index (χ2v) is 4.64. The van der Waals surface area contributed by atoms with E-state index >= 15 is 0 Å². The van der Waals surface area contributed by atoms with Crippen molar-refractivity contribution < 1.29 is 22.2 Å². The number of quaternary nitrogens is 1. The van der Waals surface area contributed by atoms with Crippen molar-refractivity contribution in [3.8, 4) is 0 Å². The molecule has 0 spiro atoms. The van der Waals surface area contributed by atoms with Crippen LogP contribution in [-0.2, 0) is 4.79 Å². The summed E-state index contributed by atoms with van der Waals surface area (Å²) in [5.41, 5.74) is 4.02. The molecule has 1 aromatic rings. The van der Waals surface area contributed by atoms with Crippen LogP contribution in [0.25, 0.3) is 6.08 Å². The van der Waals surface area contributed by atoms with E-state index in [9.17, 15) is 4.79 Å². The Bertz CT molecular complexity index is 414. The van der Waals surface area contributed by atoms with E-state index in [1.54, 1.807) is 6.08 Å². The number of carbonyl (C=O) groups excluding carboxylic acids is 1. The molecule has 2 rings (SSSR count). The maximum atomic E-state index is 11.7. The lowest BCUT2D eigenvalue weighted by atomic mass is 10.2. The number of piperazine rings is 1. The Balaban J connectivity index is 0.00000180. The number of nitrogens with one attached hydrogen (secondary N) is 2. The topological polar surface area (TPSA) is 36.8 Å². The van der Waals surface area contributed by atoms with Gasteiger partial charge in [-0.05, 0) is 18.7 Å². The number of amides is 1. The summed E-state index contributed by atoms with van der Waals surface area (Å²) in [6, 6.07) is 9.84. The van der Waals surface area contributed by atoms with Crippen molar-refractivity contribution in [1.29, 1.82) is 0 Å². The predicted octanol–water partition coefficient (Wildman–Crippen LogP) is -3.43. The zero-order chi connectivity index (χ0) is 12.8. The molecule has 104 valence electrons. The van der Waals surface area contributed by atoms with E-state index in [2.05, 4.69) is 17.4 Å². The van der Waals surface area contributed by atoms with Gasteiger partial charge in [-0.25, -0.2) is 5.01 Å². The zero-order valence-electron chi connectivity index (χ0n) is 11.1. The van der Waals surface area contributed by atoms with E-state index < -0.39 is 0 Å². The second-order valence-electron chi connectivity index (χ2n) is 4.64. The molecule has 1 aromatic carbocycles. The zero-order valence-corrected chi connectivity index (χ0v) is 11.9. The maximum Gasteiger partial charge on any atom is 0.288 e. The summed E-state index contributed by atoms with van der Waals surface area (Å²) >= 11 is 0. The highest BCUT2D eigenvalue weighted by atomic mass is 35.5. The van der Waals surface area contributed by atoms with Crippen molar-refractivity contribution in [3.63, 3.8) is 0 Å². The van der Waals surface area contributed by atoms with Crippen LogP contribution in [0.5, 0.6) is 0 Å². The minimum atomic E-state index is -0.0293. The van der Waals surface area contributed by atoms with Gasteiger partial charge in [-0.2, -0.15) is 5.43 Å². The monoisotopic (exact) mass is 281 g/mol. The lowest BCUT2D eigenvalue weighted by Gasteiger charge is -2.28. The number of rotatable bonds is 3. The molecule has 0 radical (unpaired) electrons. The highest BCUT2D eigenvalue weighted by Crippen LogP contribution is 1.99. The highest BCUT2D eigenvalue weighted by molar-refractivity contribution is 5.90. The van der Waals surface area contributed by atoms with Gasteiger partial charge in [-0.3, -0.25) is 9.69 Å². The Morgan fingerprint density at radius 3 is 2.53 bits per heavy atom. The average molecular weight is 282 g/mol. The highest BCUT2D eigenvalue weighted by Gasteiger charge is 2.18. The molecular weight excluding hydrogens is 262 g/mol. The van der Waals surface area contributed by atoms with Crippen molar-refractivity contribution in [2.24, 2.45) is 0 Å². The van der Waals surface area contributed by atoms with Gasteiger partial charge in [0, 0.05) is 19.2 Å². The van der Waals surface area contributed by atoms with Crippen molar-refractivity contribution >= 4 is 12.0 Å². The van der Waals surface area contributed by atoms with E-state index in [-0.39, 0.29) is 18.3 Å². The molecule has 5 heteroatoms. The van der Waals surface area contributed by atoms with E-state index in [0.717, 1.165) is 36.8 Å². The normalized spacial score (nSPS) is 17.1. The fourth-order valence-electron chi connectivity index (χ4n) is 1.97. The summed E-state index contributed by atoms with van der Waals surface area (Å²) in [7, 11) is 2.11. The van der Waals surface area contributed by atoms with Crippen molar-refractivity contribution in [2.45, 2.75) is 0 Å². The van der Waals surface area contributed by atoms with Gasteiger partial charge in [0.1, 0.15) is 13.1 Å². The average Bonchev–Trinajstić information content (AvgIpc) is 2.40. The molecule has 1 aliphatic heterocycles. The molecule has 0 unspecified atom stereocenters. The molecule has 2 N–H and O–H groups in total. The third kappa shape index (κ3) is 5.42. The van der Waals surface area contributed by atoms with Crippen molar-refractivity contribution in [2.75, 3.05) is 33.2 Å². The number of likely N-dealkylation sites (N-methyl/N-ethyl adjacent to an activating group) is 1. The smallest absolute Gasteiger partial charge is 0.288 e. The molecule has 0 atom stereocenters. The fraction of sp³-hybridized carbons (Fsp3) is 0.357. The van der Waals surface area contributed by atoms with Crippen LogP contribution in [0.15, 0.2) is 36.4 Å². The number of carbonyl (C=O) groups is 1. The van der Waals surface area contributed by atoms with E-state index in [1.807, 2.05) is 36.4 Å². The van der Waals surface area contributed by atoms with Crippen LogP contribution in [0.4, 0.5) is 0 Å². The molecule has 1 amide bonds. The van der Waals surface area contributed by atoms with Crippen LogP contribution in [0.3, 0.4) is 0 Å². The van der Waals surface area contributed by atoms with Gasteiger partial charge < -0.3 is 12.4 Å². The maximum absolute atomic E-state index is 11.7. The first-order valence-electron chi connectivity index (χ1n) is 6.31. The molecular formula is C14H20ClN3O. The van der Waals surface area contributed by atoms with E-state index in [4.69, 9.17) is 0 Å². The number of hydrogen-bond donors (Lipinski definition) is 2. The van der Waals surface area contributed by atoms with Gasteiger partial charge >= 0.3 is 0 Å². The van der Waals surface area contributed by atoms with Gasteiger partial charge in [-0.1, -0.05) is 30.3 Å². The molecule has 1 saturated heterocycles. The Morgan fingerprint density at radius 2 is 1.89 bits per heavy atom. The first-order valence-corrected chi connectivity index (χ1v) is 6.31. The standard InChI is InChI=1S/C14H19N3O.ClH/c1-16-9-11-17(12-10-16)15-14(18)8-7-13-5-3-2-4-6-13;/h2-8H,9-12H2,1H3,(H,15,18);1H. The number of hydrogen-bond acceptors (Lipinski definition) is 2. The second kappa shape index (κ2) is 7.94. The predicted molar refractivity (Wildman–Crippen MR) is 71.8 cm³/mol. The molecule has 0 saturated carbocycles. The Labute approximate surface area is 120 Å². The molecule has 1 aliphatic rings. The van der Waals surface area contributed by atoms with Gasteiger partial charge in [-0.15, -0.1) is 0 Å². The largest absolute Gasteiger partial charge is 1.00 e.